The van der Waals surface area contributed by atoms with Crippen LogP contribution in [-0.2, 0) is 6.42 Å². The maximum Gasteiger partial charge on any atom is 0.130 e. The van der Waals surface area contributed by atoms with Crippen LogP contribution in [0.5, 0.6) is 0 Å². The van der Waals surface area contributed by atoms with Crippen LogP contribution in [0.1, 0.15) is 36.8 Å². The summed E-state index contributed by atoms with van der Waals surface area (Å²) < 4.78 is 0. The highest BCUT2D eigenvalue weighted by molar-refractivity contribution is 5.59. The first-order valence-electron chi connectivity index (χ1n) is 6.75. The second kappa shape index (κ2) is 5.93. The highest BCUT2D eigenvalue weighted by Gasteiger charge is 2.05. The van der Waals surface area contributed by atoms with E-state index in [4.69, 9.17) is 5.73 Å². The van der Waals surface area contributed by atoms with E-state index in [9.17, 15) is 0 Å². The topological polar surface area (TPSA) is 51.8 Å². The molecule has 1 aromatic heterocycles. The van der Waals surface area contributed by atoms with Crippen LogP contribution in [0.15, 0.2) is 30.3 Å². The van der Waals surface area contributed by atoms with E-state index in [0.29, 0.717) is 12.5 Å². The normalized spacial score (nSPS) is 11.0. The fraction of sp³-hybridized carbons (Fsp3) is 0.375. The zero-order chi connectivity index (χ0) is 13.8. The molecule has 0 unspecified atom stereocenters. The zero-order valence-corrected chi connectivity index (χ0v) is 11.9. The SMILES string of the molecule is Cc1cc(-c2ccc(C(C)C)cc2)nc(CCN)n1. The molecular weight excluding hydrogens is 234 g/mol. The Morgan fingerprint density at radius 3 is 2.37 bits per heavy atom. The lowest BCUT2D eigenvalue weighted by Crippen LogP contribution is -2.07. The minimum absolute atomic E-state index is 0.550. The Labute approximate surface area is 114 Å². The molecule has 0 aliphatic carbocycles. The Kier molecular flexibility index (Phi) is 4.27. The molecule has 0 spiro atoms. The fourth-order valence-electron chi connectivity index (χ4n) is 2.06. The second-order valence-electron chi connectivity index (χ2n) is 5.13. The molecule has 0 saturated carbocycles. The van der Waals surface area contributed by atoms with Gasteiger partial charge in [-0.3, -0.25) is 0 Å². The zero-order valence-electron chi connectivity index (χ0n) is 11.9. The number of rotatable bonds is 4. The van der Waals surface area contributed by atoms with Crippen molar-refractivity contribution in [3.8, 4) is 11.3 Å². The van der Waals surface area contributed by atoms with Gasteiger partial charge >= 0.3 is 0 Å². The third-order valence-corrected chi connectivity index (χ3v) is 3.14. The molecule has 0 radical (unpaired) electrons. The van der Waals surface area contributed by atoms with Crippen molar-refractivity contribution in [3.05, 3.63) is 47.4 Å². The Bertz CT molecular complexity index is 544. The second-order valence-corrected chi connectivity index (χ2v) is 5.13. The maximum atomic E-state index is 5.57. The first-order valence-corrected chi connectivity index (χ1v) is 6.75. The van der Waals surface area contributed by atoms with E-state index in [1.165, 1.54) is 5.56 Å². The van der Waals surface area contributed by atoms with Gasteiger partial charge in [-0.1, -0.05) is 38.1 Å². The van der Waals surface area contributed by atoms with Crippen LogP contribution in [0.3, 0.4) is 0 Å². The quantitative estimate of drug-likeness (QED) is 0.913. The lowest BCUT2D eigenvalue weighted by Gasteiger charge is -2.08. The van der Waals surface area contributed by atoms with Crippen LogP contribution in [-0.4, -0.2) is 16.5 Å². The van der Waals surface area contributed by atoms with Crippen LogP contribution in [0.25, 0.3) is 11.3 Å². The van der Waals surface area contributed by atoms with E-state index >= 15 is 0 Å². The monoisotopic (exact) mass is 255 g/mol. The molecule has 0 saturated heterocycles. The molecule has 0 amide bonds. The Hall–Kier alpha value is -1.74. The molecule has 1 heterocycles. The fourth-order valence-corrected chi connectivity index (χ4v) is 2.06. The summed E-state index contributed by atoms with van der Waals surface area (Å²) in [6.07, 6.45) is 0.721. The minimum atomic E-state index is 0.550. The molecule has 19 heavy (non-hydrogen) atoms. The van der Waals surface area contributed by atoms with E-state index in [2.05, 4.69) is 48.1 Å². The number of aryl methyl sites for hydroxylation is 1. The van der Waals surface area contributed by atoms with Gasteiger partial charge in [0.1, 0.15) is 5.82 Å². The van der Waals surface area contributed by atoms with E-state index in [-0.39, 0.29) is 0 Å². The lowest BCUT2D eigenvalue weighted by molar-refractivity contribution is 0.856. The Morgan fingerprint density at radius 1 is 1.11 bits per heavy atom. The molecule has 1 aromatic carbocycles. The minimum Gasteiger partial charge on any atom is -0.330 e. The van der Waals surface area contributed by atoms with Crippen molar-refractivity contribution in [2.75, 3.05) is 6.54 Å². The molecule has 0 atom stereocenters. The standard InChI is InChI=1S/C16H21N3/c1-11(2)13-4-6-14(7-5-13)15-10-12(3)18-16(19-15)8-9-17/h4-7,10-11H,8-9,17H2,1-3H3. The highest BCUT2D eigenvalue weighted by atomic mass is 14.9. The van der Waals surface area contributed by atoms with Gasteiger partial charge in [0.15, 0.2) is 0 Å². The summed E-state index contributed by atoms with van der Waals surface area (Å²) >= 11 is 0. The van der Waals surface area contributed by atoms with Gasteiger partial charge in [-0.2, -0.15) is 0 Å². The molecular formula is C16H21N3. The molecule has 3 nitrogen and oxygen atoms in total. The van der Waals surface area contributed by atoms with Crippen LogP contribution in [0, 0.1) is 6.92 Å². The molecule has 2 N–H and O–H groups in total. The first-order chi connectivity index (χ1) is 9.10. The largest absolute Gasteiger partial charge is 0.330 e. The molecule has 0 aliphatic rings. The summed E-state index contributed by atoms with van der Waals surface area (Å²) in [5.41, 5.74) is 10.0. The Balaban J connectivity index is 2.35. The van der Waals surface area contributed by atoms with Gasteiger partial charge in [-0.05, 0) is 31.0 Å². The number of nitrogens with two attached hydrogens (primary N) is 1. The highest BCUT2D eigenvalue weighted by Crippen LogP contribution is 2.21. The molecule has 0 aliphatic heterocycles. The average molecular weight is 255 g/mol. The van der Waals surface area contributed by atoms with Crippen LogP contribution >= 0.6 is 0 Å². The molecule has 2 aromatic rings. The van der Waals surface area contributed by atoms with Gasteiger partial charge in [-0.25, -0.2) is 9.97 Å². The third kappa shape index (κ3) is 3.38. The molecule has 3 heteroatoms. The van der Waals surface area contributed by atoms with E-state index in [0.717, 1.165) is 29.2 Å². The summed E-state index contributed by atoms with van der Waals surface area (Å²) in [4.78, 5) is 8.98. The summed E-state index contributed by atoms with van der Waals surface area (Å²) in [6, 6.07) is 10.6. The average Bonchev–Trinajstić information content (AvgIpc) is 2.38. The van der Waals surface area contributed by atoms with E-state index < -0.39 is 0 Å². The molecule has 0 bridgehead atoms. The van der Waals surface area contributed by atoms with Crippen LogP contribution in [0.2, 0.25) is 0 Å². The number of aromatic nitrogens is 2. The predicted octanol–water partition coefficient (Wildman–Crippen LogP) is 3.08. The van der Waals surface area contributed by atoms with E-state index in [1.807, 2.05) is 13.0 Å². The maximum absolute atomic E-state index is 5.57. The van der Waals surface area contributed by atoms with Crippen molar-refractivity contribution >= 4 is 0 Å². The molecule has 100 valence electrons. The summed E-state index contributed by atoms with van der Waals surface area (Å²) in [6.45, 7) is 6.97. The first kappa shape index (κ1) is 13.7. The smallest absolute Gasteiger partial charge is 0.130 e. The number of hydrogen-bond donors (Lipinski definition) is 1. The van der Waals surface area contributed by atoms with Gasteiger partial charge in [0.25, 0.3) is 0 Å². The summed E-state index contributed by atoms with van der Waals surface area (Å²) in [5.74, 6) is 1.37. The van der Waals surface area contributed by atoms with Crippen molar-refractivity contribution in [1.82, 2.24) is 9.97 Å². The van der Waals surface area contributed by atoms with E-state index in [1.54, 1.807) is 0 Å². The van der Waals surface area contributed by atoms with Gasteiger partial charge in [0, 0.05) is 17.7 Å². The summed E-state index contributed by atoms with van der Waals surface area (Å²) in [5, 5.41) is 0. The van der Waals surface area contributed by atoms with Gasteiger partial charge in [-0.15, -0.1) is 0 Å². The molecule has 2 rings (SSSR count). The number of nitrogens with zero attached hydrogens (tertiary/aromatic N) is 2. The van der Waals surface area contributed by atoms with Crippen molar-refractivity contribution in [2.24, 2.45) is 5.73 Å². The summed E-state index contributed by atoms with van der Waals surface area (Å²) in [7, 11) is 0. The van der Waals surface area contributed by atoms with Crippen molar-refractivity contribution in [3.63, 3.8) is 0 Å². The number of benzene rings is 1. The predicted molar refractivity (Wildman–Crippen MR) is 79.1 cm³/mol. The third-order valence-electron chi connectivity index (χ3n) is 3.14. The van der Waals surface area contributed by atoms with Gasteiger partial charge < -0.3 is 5.73 Å². The Morgan fingerprint density at radius 2 is 1.79 bits per heavy atom. The number of hydrogen-bond acceptors (Lipinski definition) is 3. The van der Waals surface area contributed by atoms with Crippen molar-refractivity contribution < 1.29 is 0 Å². The van der Waals surface area contributed by atoms with Crippen molar-refractivity contribution in [1.29, 1.82) is 0 Å². The van der Waals surface area contributed by atoms with Crippen molar-refractivity contribution in [2.45, 2.75) is 33.1 Å². The van der Waals surface area contributed by atoms with Crippen LogP contribution in [0.4, 0.5) is 0 Å². The molecule has 0 fully saturated rings. The van der Waals surface area contributed by atoms with Crippen LogP contribution < -0.4 is 5.73 Å². The lowest BCUT2D eigenvalue weighted by atomic mass is 10.0. The van der Waals surface area contributed by atoms with Gasteiger partial charge in [0.05, 0.1) is 5.69 Å². The van der Waals surface area contributed by atoms with Gasteiger partial charge in [0.2, 0.25) is 0 Å².